The molecule has 2 nitrogen and oxygen atoms in total. The van der Waals surface area contributed by atoms with Crippen LogP contribution < -0.4 is 11.5 Å². The predicted molar refractivity (Wildman–Crippen MR) is 74.8 cm³/mol. The van der Waals surface area contributed by atoms with E-state index in [1.54, 1.807) is 0 Å². The van der Waals surface area contributed by atoms with Crippen molar-refractivity contribution in [3.05, 3.63) is 41.5 Å². The SMILES string of the molecule is CC1(C)C=Cc2c(N)cc(N)c3cccc1c23. The molecule has 0 heterocycles. The average Bonchev–Trinajstić information content (AvgIpc) is 2.27. The van der Waals surface area contributed by atoms with Crippen LogP contribution in [0.15, 0.2) is 30.3 Å². The molecule has 2 aromatic carbocycles. The number of rotatable bonds is 0. The van der Waals surface area contributed by atoms with Crippen molar-refractivity contribution in [2.24, 2.45) is 0 Å². The molecule has 0 aromatic heterocycles. The van der Waals surface area contributed by atoms with Gasteiger partial charge in [0.25, 0.3) is 0 Å². The summed E-state index contributed by atoms with van der Waals surface area (Å²) in [7, 11) is 0. The normalized spacial score (nSPS) is 16.4. The van der Waals surface area contributed by atoms with Crippen molar-refractivity contribution in [3.8, 4) is 0 Å². The number of nitrogens with two attached hydrogens (primary N) is 2. The third kappa shape index (κ3) is 1.27. The van der Waals surface area contributed by atoms with Crippen LogP contribution in [-0.4, -0.2) is 0 Å². The molecule has 0 atom stereocenters. The Morgan fingerprint density at radius 2 is 1.82 bits per heavy atom. The van der Waals surface area contributed by atoms with E-state index in [9.17, 15) is 0 Å². The molecule has 0 aliphatic heterocycles. The number of hydrogen-bond acceptors (Lipinski definition) is 2. The molecule has 0 radical (unpaired) electrons. The monoisotopic (exact) mass is 224 g/mol. The quantitative estimate of drug-likeness (QED) is 0.674. The van der Waals surface area contributed by atoms with Gasteiger partial charge < -0.3 is 11.5 Å². The van der Waals surface area contributed by atoms with Crippen LogP contribution in [-0.2, 0) is 5.41 Å². The fraction of sp³-hybridized carbons (Fsp3) is 0.200. The van der Waals surface area contributed by atoms with Gasteiger partial charge in [-0.25, -0.2) is 0 Å². The maximum atomic E-state index is 6.06. The molecule has 4 N–H and O–H groups in total. The van der Waals surface area contributed by atoms with Gasteiger partial charge in [-0.1, -0.05) is 44.2 Å². The summed E-state index contributed by atoms with van der Waals surface area (Å²) in [4.78, 5) is 0. The van der Waals surface area contributed by atoms with Crippen molar-refractivity contribution >= 4 is 28.2 Å². The fourth-order valence-corrected chi connectivity index (χ4v) is 2.65. The third-order valence-corrected chi connectivity index (χ3v) is 3.63. The lowest BCUT2D eigenvalue weighted by Gasteiger charge is -2.28. The zero-order valence-corrected chi connectivity index (χ0v) is 10.1. The number of anilines is 2. The second-order valence-electron chi connectivity index (χ2n) is 5.25. The molecule has 1 aliphatic rings. The lowest BCUT2D eigenvalue weighted by molar-refractivity contribution is 0.677. The van der Waals surface area contributed by atoms with Crippen molar-refractivity contribution in [2.75, 3.05) is 11.5 Å². The van der Waals surface area contributed by atoms with Crippen molar-refractivity contribution in [2.45, 2.75) is 19.3 Å². The van der Waals surface area contributed by atoms with Gasteiger partial charge in [-0.05, 0) is 17.0 Å². The summed E-state index contributed by atoms with van der Waals surface area (Å²) in [6.45, 7) is 4.42. The highest BCUT2D eigenvalue weighted by Crippen LogP contribution is 2.42. The second-order valence-corrected chi connectivity index (χ2v) is 5.25. The molecule has 0 saturated heterocycles. The minimum absolute atomic E-state index is 0.0345. The molecular weight excluding hydrogens is 208 g/mol. The Morgan fingerprint density at radius 3 is 2.59 bits per heavy atom. The number of hydrogen-bond donors (Lipinski definition) is 2. The molecule has 0 saturated carbocycles. The maximum Gasteiger partial charge on any atom is 0.0414 e. The molecule has 86 valence electrons. The largest absolute Gasteiger partial charge is 0.398 e. The first-order valence-electron chi connectivity index (χ1n) is 5.81. The van der Waals surface area contributed by atoms with Crippen LogP contribution in [0, 0.1) is 0 Å². The summed E-state index contributed by atoms with van der Waals surface area (Å²) in [5.41, 5.74) is 16.1. The average molecular weight is 224 g/mol. The van der Waals surface area contributed by atoms with E-state index in [0.29, 0.717) is 0 Å². The summed E-state index contributed by atoms with van der Waals surface area (Å²) in [6, 6.07) is 8.14. The summed E-state index contributed by atoms with van der Waals surface area (Å²) in [5, 5.41) is 2.31. The predicted octanol–water partition coefficient (Wildman–Crippen LogP) is 3.31. The first-order chi connectivity index (χ1) is 8.00. The van der Waals surface area contributed by atoms with Gasteiger partial charge >= 0.3 is 0 Å². The van der Waals surface area contributed by atoms with Crippen molar-refractivity contribution in [1.82, 2.24) is 0 Å². The Balaban J connectivity index is 2.57. The number of benzene rings is 2. The van der Waals surface area contributed by atoms with Crippen LogP contribution in [0.2, 0.25) is 0 Å². The van der Waals surface area contributed by atoms with E-state index in [1.165, 1.54) is 10.9 Å². The van der Waals surface area contributed by atoms with E-state index in [1.807, 2.05) is 6.07 Å². The number of allylic oxidation sites excluding steroid dienone is 1. The van der Waals surface area contributed by atoms with Gasteiger partial charge in [-0.3, -0.25) is 0 Å². The fourth-order valence-electron chi connectivity index (χ4n) is 2.65. The lowest BCUT2D eigenvalue weighted by atomic mass is 9.76. The standard InChI is InChI=1S/C15H16N2/c1-15(2)7-6-10-13(17)8-12(16)9-4-3-5-11(15)14(9)10/h3-8H,16-17H2,1-2H3. The zero-order chi connectivity index (χ0) is 12.2. The molecule has 2 heteroatoms. The van der Waals surface area contributed by atoms with E-state index in [0.717, 1.165) is 22.3 Å². The molecule has 2 aromatic rings. The van der Waals surface area contributed by atoms with Gasteiger partial charge in [0.05, 0.1) is 0 Å². The second kappa shape index (κ2) is 3.04. The molecule has 3 rings (SSSR count). The highest BCUT2D eigenvalue weighted by atomic mass is 14.6. The van der Waals surface area contributed by atoms with Gasteiger partial charge in [0, 0.05) is 27.7 Å². The third-order valence-electron chi connectivity index (χ3n) is 3.63. The van der Waals surface area contributed by atoms with Crippen LogP contribution in [0.3, 0.4) is 0 Å². The summed E-state index contributed by atoms with van der Waals surface area (Å²) < 4.78 is 0. The minimum Gasteiger partial charge on any atom is -0.398 e. The maximum absolute atomic E-state index is 6.06. The van der Waals surface area contributed by atoms with E-state index >= 15 is 0 Å². The molecule has 0 fully saturated rings. The van der Waals surface area contributed by atoms with Gasteiger partial charge in [0.15, 0.2) is 0 Å². The molecule has 0 unspecified atom stereocenters. The van der Waals surface area contributed by atoms with E-state index in [2.05, 4.69) is 44.2 Å². The van der Waals surface area contributed by atoms with Crippen molar-refractivity contribution in [1.29, 1.82) is 0 Å². The Hall–Kier alpha value is -1.96. The number of nitrogen functional groups attached to an aromatic ring is 2. The lowest BCUT2D eigenvalue weighted by Crippen LogP contribution is -2.17. The Bertz CT molecular complexity index is 652. The van der Waals surface area contributed by atoms with Gasteiger partial charge in [0.2, 0.25) is 0 Å². The van der Waals surface area contributed by atoms with Gasteiger partial charge in [-0.15, -0.1) is 0 Å². The van der Waals surface area contributed by atoms with E-state index in [4.69, 9.17) is 11.5 Å². The minimum atomic E-state index is 0.0345. The van der Waals surface area contributed by atoms with E-state index < -0.39 is 0 Å². The molecular formula is C15H16N2. The summed E-state index contributed by atoms with van der Waals surface area (Å²) in [5.74, 6) is 0. The first kappa shape index (κ1) is 10.2. The molecule has 0 amide bonds. The Labute approximate surface area is 101 Å². The molecule has 1 aliphatic carbocycles. The highest BCUT2D eigenvalue weighted by Gasteiger charge is 2.25. The smallest absolute Gasteiger partial charge is 0.0414 e. The summed E-state index contributed by atoms with van der Waals surface area (Å²) in [6.07, 6.45) is 4.32. The van der Waals surface area contributed by atoms with Crippen molar-refractivity contribution in [3.63, 3.8) is 0 Å². The van der Waals surface area contributed by atoms with Crippen LogP contribution in [0.25, 0.3) is 16.8 Å². The van der Waals surface area contributed by atoms with Gasteiger partial charge in [-0.2, -0.15) is 0 Å². The van der Waals surface area contributed by atoms with E-state index in [-0.39, 0.29) is 5.41 Å². The summed E-state index contributed by atoms with van der Waals surface area (Å²) >= 11 is 0. The molecule has 0 spiro atoms. The topological polar surface area (TPSA) is 52.0 Å². The van der Waals surface area contributed by atoms with Crippen molar-refractivity contribution < 1.29 is 0 Å². The molecule has 17 heavy (non-hydrogen) atoms. The molecule has 0 bridgehead atoms. The Kier molecular flexibility index (Phi) is 1.82. The van der Waals surface area contributed by atoms with Gasteiger partial charge in [0.1, 0.15) is 0 Å². The Morgan fingerprint density at radius 1 is 1.06 bits per heavy atom. The van der Waals surface area contributed by atoms with Crippen LogP contribution in [0.1, 0.15) is 25.0 Å². The van der Waals surface area contributed by atoms with Crippen LogP contribution in [0.4, 0.5) is 11.4 Å². The van der Waals surface area contributed by atoms with Crippen LogP contribution in [0.5, 0.6) is 0 Å². The zero-order valence-electron chi connectivity index (χ0n) is 10.1. The first-order valence-corrected chi connectivity index (χ1v) is 5.81. The highest BCUT2D eigenvalue weighted by molar-refractivity contribution is 6.06. The van der Waals surface area contributed by atoms with Crippen LogP contribution >= 0.6 is 0 Å².